The summed E-state index contributed by atoms with van der Waals surface area (Å²) in [5.41, 5.74) is 2.24. The first-order valence-corrected chi connectivity index (χ1v) is 9.80. The number of benzene rings is 2. The molecule has 2 aromatic carbocycles. The molecule has 4 amide bonds. The fourth-order valence-electron chi connectivity index (χ4n) is 3.52. The van der Waals surface area contributed by atoms with Crippen molar-refractivity contribution < 1.29 is 14.4 Å². The molecule has 1 aliphatic rings. The molecule has 1 unspecified atom stereocenters. The Bertz CT molecular complexity index is 919. The van der Waals surface area contributed by atoms with Gasteiger partial charge >= 0.3 is 6.03 Å². The van der Waals surface area contributed by atoms with Crippen molar-refractivity contribution in [3.63, 3.8) is 0 Å². The third-order valence-corrected chi connectivity index (χ3v) is 5.29. The maximum absolute atomic E-state index is 13.1. The predicted octanol–water partition coefficient (Wildman–Crippen LogP) is 3.31. The van der Waals surface area contributed by atoms with Crippen molar-refractivity contribution in [3.05, 3.63) is 70.8 Å². The third-order valence-electron chi connectivity index (χ3n) is 5.29. The van der Waals surface area contributed by atoms with Crippen LogP contribution >= 0.6 is 0 Å². The molecule has 1 saturated heterocycles. The molecule has 0 radical (unpaired) electrons. The van der Waals surface area contributed by atoms with E-state index in [4.69, 9.17) is 0 Å². The minimum Gasteiger partial charge on any atom is -0.345 e. The van der Waals surface area contributed by atoms with Gasteiger partial charge in [-0.05, 0) is 42.2 Å². The second-order valence-corrected chi connectivity index (χ2v) is 7.79. The lowest BCUT2D eigenvalue weighted by molar-refractivity contribution is -0.131. The average molecular weight is 393 g/mol. The van der Waals surface area contributed by atoms with Crippen LogP contribution < -0.4 is 5.32 Å². The van der Waals surface area contributed by atoms with E-state index >= 15 is 0 Å². The first kappa shape index (κ1) is 20.6. The van der Waals surface area contributed by atoms with Crippen molar-refractivity contribution in [2.45, 2.75) is 38.8 Å². The van der Waals surface area contributed by atoms with Crippen LogP contribution in [0.4, 0.5) is 4.79 Å². The van der Waals surface area contributed by atoms with Gasteiger partial charge in [0.1, 0.15) is 5.54 Å². The SMILES string of the molecule is CCCc1ccc(C2(C)NC(=O)N(Cc3ccc(C(=O)N(C)C)cc3)C2=O)cc1. The molecular weight excluding hydrogens is 366 g/mol. The first-order valence-electron chi connectivity index (χ1n) is 9.80. The van der Waals surface area contributed by atoms with Crippen LogP contribution in [-0.2, 0) is 23.3 Å². The minimum absolute atomic E-state index is 0.0920. The highest BCUT2D eigenvalue weighted by Crippen LogP contribution is 2.30. The van der Waals surface area contributed by atoms with Crippen molar-refractivity contribution >= 4 is 17.8 Å². The first-order chi connectivity index (χ1) is 13.8. The average Bonchev–Trinajstić information content (AvgIpc) is 2.92. The van der Waals surface area contributed by atoms with E-state index in [2.05, 4.69) is 12.2 Å². The van der Waals surface area contributed by atoms with Crippen molar-refractivity contribution in [1.82, 2.24) is 15.1 Å². The Hall–Kier alpha value is -3.15. The van der Waals surface area contributed by atoms with Crippen molar-refractivity contribution in [1.29, 1.82) is 0 Å². The van der Waals surface area contributed by atoms with Gasteiger partial charge in [-0.25, -0.2) is 4.79 Å². The summed E-state index contributed by atoms with van der Waals surface area (Å²) >= 11 is 0. The Morgan fingerprint density at radius 3 is 2.14 bits per heavy atom. The van der Waals surface area contributed by atoms with Crippen molar-refractivity contribution in [3.8, 4) is 0 Å². The van der Waals surface area contributed by atoms with Crippen LogP contribution in [0.3, 0.4) is 0 Å². The van der Waals surface area contributed by atoms with Gasteiger partial charge in [-0.15, -0.1) is 0 Å². The Morgan fingerprint density at radius 1 is 1.00 bits per heavy atom. The Morgan fingerprint density at radius 2 is 1.59 bits per heavy atom. The molecule has 1 heterocycles. The van der Waals surface area contributed by atoms with Crippen LogP contribution in [0.15, 0.2) is 48.5 Å². The molecule has 2 aromatic rings. The molecule has 1 N–H and O–H groups in total. The van der Waals surface area contributed by atoms with E-state index in [-0.39, 0.29) is 18.4 Å². The van der Waals surface area contributed by atoms with Crippen molar-refractivity contribution in [2.24, 2.45) is 0 Å². The smallest absolute Gasteiger partial charge is 0.325 e. The summed E-state index contributed by atoms with van der Waals surface area (Å²) in [6.45, 7) is 4.02. The molecule has 0 saturated carbocycles. The van der Waals surface area contributed by atoms with E-state index in [1.54, 1.807) is 45.3 Å². The van der Waals surface area contributed by atoms with Crippen LogP contribution in [0.5, 0.6) is 0 Å². The largest absolute Gasteiger partial charge is 0.345 e. The number of hydrogen-bond acceptors (Lipinski definition) is 3. The number of nitrogens with one attached hydrogen (secondary N) is 1. The van der Waals surface area contributed by atoms with Gasteiger partial charge in [-0.1, -0.05) is 49.7 Å². The van der Waals surface area contributed by atoms with E-state index in [0.29, 0.717) is 5.56 Å². The lowest BCUT2D eigenvalue weighted by Crippen LogP contribution is -2.40. The number of imide groups is 1. The summed E-state index contributed by atoms with van der Waals surface area (Å²) in [4.78, 5) is 40.4. The van der Waals surface area contributed by atoms with Gasteiger partial charge in [0.2, 0.25) is 0 Å². The number of rotatable bonds is 6. The molecule has 6 heteroatoms. The number of urea groups is 1. The third kappa shape index (κ3) is 4.01. The molecule has 1 atom stereocenters. The summed E-state index contributed by atoms with van der Waals surface area (Å²) in [7, 11) is 3.39. The highest BCUT2D eigenvalue weighted by atomic mass is 16.2. The molecule has 0 aromatic heterocycles. The van der Waals surface area contributed by atoms with Gasteiger partial charge in [-0.3, -0.25) is 14.5 Å². The number of carbonyl (C=O) groups is 3. The molecule has 152 valence electrons. The normalized spacial score (nSPS) is 18.7. The number of carbonyl (C=O) groups excluding carboxylic acids is 3. The molecule has 0 spiro atoms. The topological polar surface area (TPSA) is 69.7 Å². The van der Waals surface area contributed by atoms with Gasteiger partial charge in [0.25, 0.3) is 11.8 Å². The zero-order chi connectivity index (χ0) is 21.2. The number of amides is 4. The number of hydrogen-bond donors (Lipinski definition) is 1. The quantitative estimate of drug-likeness (QED) is 0.766. The zero-order valence-electron chi connectivity index (χ0n) is 17.4. The van der Waals surface area contributed by atoms with Crippen LogP contribution in [0.25, 0.3) is 0 Å². The molecule has 1 fully saturated rings. The summed E-state index contributed by atoms with van der Waals surface area (Å²) < 4.78 is 0. The van der Waals surface area contributed by atoms with Gasteiger partial charge < -0.3 is 10.2 Å². The molecular formula is C23H27N3O3. The highest BCUT2D eigenvalue weighted by molar-refractivity contribution is 6.07. The lowest BCUT2D eigenvalue weighted by Gasteiger charge is -2.22. The maximum atomic E-state index is 13.1. The molecule has 6 nitrogen and oxygen atoms in total. The van der Waals surface area contributed by atoms with E-state index in [0.717, 1.165) is 24.0 Å². The summed E-state index contributed by atoms with van der Waals surface area (Å²) in [5, 5.41) is 2.84. The molecule has 3 rings (SSSR count). The van der Waals surface area contributed by atoms with Crippen molar-refractivity contribution in [2.75, 3.05) is 14.1 Å². The van der Waals surface area contributed by atoms with E-state index in [1.807, 2.05) is 24.3 Å². The van der Waals surface area contributed by atoms with Gasteiger partial charge in [0.05, 0.1) is 6.54 Å². The second-order valence-electron chi connectivity index (χ2n) is 7.79. The summed E-state index contributed by atoms with van der Waals surface area (Å²) in [6.07, 6.45) is 2.04. The summed E-state index contributed by atoms with van der Waals surface area (Å²) in [6, 6.07) is 14.4. The Balaban J connectivity index is 1.77. The monoisotopic (exact) mass is 393 g/mol. The predicted molar refractivity (Wildman–Crippen MR) is 111 cm³/mol. The minimum atomic E-state index is -1.08. The Kier molecular flexibility index (Phi) is 5.73. The van der Waals surface area contributed by atoms with Crippen LogP contribution in [0.1, 0.15) is 47.3 Å². The lowest BCUT2D eigenvalue weighted by atomic mass is 9.91. The molecule has 1 aliphatic heterocycles. The fraction of sp³-hybridized carbons (Fsp3) is 0.348. The van der Waals surface area contributed by atoms with E-state index in [1.165, 1.54) is 15.4 Å². The van der Waals surface area contributed by atoms with Crippen LogP contribution in [0.2, 0.25) is 0 Å². The standard InChI is InChI=1S/C23H27N3O3/c1-5-6-16-9-13-19(14-10-16)23(2)21(28)26(22(29)24-23)15-17-7-11-18(12-8-17)20(27)25(3)4/h7-14H,5-6,15H2,1-4H3,(H,24,29). The fourth-order valence-corrected chi connectivity index (χ4v) is 3.52. The zero-order valence-corrected chi connectivity index (χ0v) is 17.4. The number of nitrogens with zero attached hydrogens (tertiary/aromatic N) is 2. The van der Waals surface area contributed by atoms with Gasteiger partial charge in [0, 0.05) is 19.7 Å². The van der Waals surface area contributed by atoms with Gasteiger partial charge in [0.15, 0.2) is 0 Å². The maximum Gasteiger partial charge on any atom is 0.325 e. The second kappa shape index (κ2) is 8.07. The molecule has 0 aliphatic carbocycles. The molecule has 0 bridgehead atoms. The summed E-state index contributed by atoms with van der Waals surface area (Å²) in [5.74, 6) is -0.371. The number of aryl methyl sites for hydroxylation is 1. The van der Waals surface area contributed by atoms with Crippen LogP contribution in [0, 0.1) is 0 Å². The highest BCUT2D eigenvalue weighted by Gasteiger charge is 2.48. The van der Waals surface area contributed by atoms with Crippen LogP contribution in [-0.4, -0.2) is 41.7 Å². The van der Waals surface area contributed by atoms with E-state index < -0.39 is 11.6 Å². The van der Waals surface area contributed by atoms with Gasteiger partial charge in [-0.2, -0.15) is 0 Å². The van der Waals surface area contributed by atoms with E-state index in [9.17, 15) is 14.4 Å². The molecule has 29 heavy (non-hydrogen) atoms. The Labute approximate surface area is 171 Å².